The zero-order chi connectivity index (χ0) is 11.6. The Kier molecular flexibility index (Phi) is 3.60. The summed E-state index contributed by atoms with van der Waals surface area (Å²) in [6.07, 6.45) is 0. The van der Waals surface area contributed by atoms with Gasteiger partial charge in [0.1, 0.15) is 5.02 Å². The average molecular weight is 251 g/mol. The number of pyridine rings is 1. The Morgan fingerprint density at radius 3 is 2.47 bits per heavy atom. The van der Waals surface area contributed by atoms with Crippen molar-refractivity contribution in [3.05, 3.63) is 15.9 Å². The lowest BCUT2D eigenvalue weighted by molar-refractivity contribution is 0.0594. The van der Waals surface area contributed by atoms with Gasteiger partial charge in [0.15, 0.2) is 16.6 Å². The summed E-state index contributed by atoms with van der Waals surface area (Å²) in [5.74, 6) is -0.578. The van der Waals surface area contributed by atoms with Crippen molar-refractivity contribution in [2.24, 2.45) is 0 Å². The van der Waals surface area contributed by atoms with Crippen LogP contribution in [-0.2, 0) is 4.74 Å². The minimum atomic E-state index is -0.712. The summed E-state index contributed by atoms with van der Waals surface area (Å²) < 4.78 is 9.33. The first-order valence-corrected chi connectivity index (χ1v) is 4.55. The van der Waals surface area contributed by atoms with Gasteiger partial charge in [0.25, 0.3) is 0 Å². The maximum atomic E-state index is 11.2. The number of nitrogens with zero attached hydrogens (tertiary/aromatic N) is 1. The van der Waals surface area contributed by atoms with Gasteiger partial charge in [0.2, 0.25) is 0 Å². The number of carbonyl (C=O) groups is 1. The van der Waals surface area contributed by atoms with E-state index in [-0.39, 0.29) is 27.3 Å². The highest BCUT2D eigenvalue weighted by Crippen LogP contribution is 2.36. The Balaban J connectivity index is 3.40. The van der Waals surface area contributed by atoms with E-state index in [1.165, 1.54) is 14.2 Å². The Morgan fingerprint density at radius 1 is 1.40 bits per heavy atom. The van der Waals surface area contributed by atoms with Gasteiger partial charge in [0, 0.05) is 0 Å². The molecule has 0 saturated heterocycles. The van der Waals surface area contributed by atoms with Crippen LogP contribution in [0.25, 0.3) is 0 Å². The Labute approximate surface area is 96.1 Å². The molecular formula is C8H8Cl2N2O3. The van der Waals surface area contributed by atoms with Gasteiger partial charge in [-0.25, -0.2) is 9.78 Å². The van der Waals surface area contributed by atoms with Crippen molar-refractivity contribution in [1.82, 2.24) is 4.98 Å². The Bertz CT molecular complexity index is 409. The molecule has 0 aliphatic carbocycles. The fourth-order valence-electron chi connectivity index (χ4n) is 0.962. The van der Waals surface area contributed by atoms with E-state index < -0.39 is 5.97 Å². The predicted octanol–water partition coefficient (Wildman–Crippen LogP) is 1.77. The molecule has 0 atom stereocenters. The van der Waals surface area contributed by atoms with Crippen molar-refractivity contribution >= 4 is 34.9 Å². The number of hydrogen-bond donors (Lipinski definition) is 1. The van der Waals surface area contributed by atoms with Crippen molar-refractivity contribution in [2.75, 3.05) is 20.0 Å². The SMILES string of the molecule is COC(=O)c1nc(Cl)c(OC)c(N)c1Cl. The molecule has 1 heterocycles. The Hall–Kier alpha value is -1.20. The number of carbonyl (C=O) groups excluding carboxylic acids is 1. The molecule has 0 radical (unpaired) electrons. The molecule has 0 spiro atoms. The van der Waals surface area contributed by atoms with Crippen molar-refractivity contribution in [1.29, 1.82) is 0 Å². The minimum Gasteiger partial charge on any atom is -0.491 e. The molecule has 15 heavy (non-hydrogen) atoms. The van der Waals surface area contributed by atoms with Crippen LogP contribution in [-0.4, -0.2) is 25.2 Å². The lowest BCUT2D eigenvalue weighted by Crippen LogP contribution is -2.08. The second-order valence-electron chi connectivity index (χ2n) is 2.50. The molecule has 0 bridgehead atoms. The number of rotatable bonds is 2. The average Bonchev–Trinajstić information content (AvgIpc) is 2.23. The van der Waals surface area contributed by atoms with E-state index in [0.29, 0.717) is 0 Å². The Morgan fingerprint density at radius 2 is 2.00 bits per heavy atom. The summed E-state index contributed by atoms with van der Waals surface area (Å²) in [5, 5.41) is -0.0806. The minimum absolute atomic E-state index is 0.0388. The molecule has 0 aromatic carbocycles. The molecule has 0 fully saturated rings. The van der Waals surface area contributed by atoms with E-state index in [4.69, 9.17) is 33.7 Å². The van der Waals surface area contributed by atoms with E-state index in [0.717, 1.165) is 0 Å². The van der Waals surface area contributed by atoms with E-state index >= 15 is 0 Å². The van der Waals surface area contributed by atoms with Gasteiger partial charge < -0.3 is 15.2 Å². The summed E-state index contributed by atoms with van der Waals surface area (Å²) in [4.78, 5) is 14.9. The first kappa shape index (κ1) is 11.9. The number of nitrogens with two attached hydrogens (primary N) is 1. The van der Waals surface area contributed by atoms with Crippen molar-refractivity contribution in [3.63, 3.8) is 0 Å². The van der Waals surface area contributed by atoms with Gasteiger partial charge in [-0.1, -0.05) is 23.2 Å². The first-order valence-electron chi connectivity index (χ1n) is 3.79. The summed E-state index contributed by atoms with van der Waals surface area (Å²) in [6, 6.07) is 0. The standard InChI is InChI=1S/C8H8Cl2N2O3/c1-14-6-4(11)3(9)5(8(13)15-2)12-7(6)10/h1-2H3,(H2,11,12). The van der Waals surface area contributed by atoms with Gasteiger partial charge in [-0.05, 0) is 0 Å². The number of hydrogen-bond acceptors (Lipinski definition) is 5. The summed E-state index contributed by atoms with van der Waals surface area (Å²) in [6.45, 7) is 0. The van der Waals surface area contributed by atoms with Crippen molar-refractivity contribution in [2.45, 2.75) is 0 Å². The molecule has 0 unspecified atom stereocenters. The largest absolute Gasteiger partial charge is 0.491 e. The third-order valence-corrected chi connectivity index (χ3v) is 2.31. The molecule has 0 saturated carbocycles. The smallest absolute Gasteiger partial charge is 0.358 e. The summed E-state index contributed by atoms with van der Waals surface area (Å²) in [7, 11) is 2.57. The molecule has 1 rings (SSSR count). The number of methoxy groups -OCH3 is 2. The fourth-order valence-corrected chi connectivity index (χ4v) is 1.43. The number of ether oxygens (including phenoxy) is 2. The van der Waals surface area contributed by atoms with Crippen LogP contribution >= 0.6 is 23.2 Å². The van der Waals surface area contributed by atoms with Crippen LogP contribution in [0.5, 0.6) is 5.75 Å². The number of aromatic nitrogens is 1. The highest BCUT2D eigenvalue weighted by Gasteiger charge is 2.21. The van der Waals surface area contributed by atoms with E-state index in [1.807, 2.05) is 0 Å². The van der Waals surface area contributed by atoms with Gasteiger partial charge in [-0.15, -0.1) is 0 Å². The number of nitrogen functional groups attached to an aromatic ring is 1. The van der Waals surface area contributed by atoms with Gasteiger partial charge in [-0.2, -0.15) is 0 Å². The van der Waals surface area contributed by atoms with Crippen LogP contribution in [0.2, 0.25) is 10.2 Å². The van der Waals surface area contributed by atoms with Crippen LogP contribution in [0.4, 0.5) is 5.69 Å². The summed E-state index contributed by atoms with van der Waals surface area (Å²) >= 11 is 11.5. The molecular weight excluding hydrogens is 243 g/mol. The highest BCUT2D eigenvalue weighted by atomic mass is 35.5. The first-order chi connectivity index (χ1) is 7.02. The molecule has 7 heteroatoms. The zero-order valence-electron chi connectivity index (χ0n) is 8.01. The molecule has 0 aliphatic rings. The zero-order valence-corrected chi connectivity index (χ0v) is 9.52. The lowest BCUT2D eigenvalue weighted by Gasteiger charge is -2.10. The fraction of sp³-hybridized carbons (Fsp3) is 0.250. The second-order valence-corrected chi connectivity index (χ2v) is 3.24. The molecule has 0 amide bonds. The summed E-state index contributed by atoms with van der Waals surface area (Å²) in [5.41, 5.74) is 5.52. The number of halogens is 2. The third kappa shape index (κ3) is 2.08. The quantitative estimate of drug-likeness (QED) is 0.640. The third-order valence-electron chi connectivity index (χ3n) is 1.67. The molecule has 2 N–H and O–H groups in total. The van der Waals surface area contributed by atoms with E-state index in [9.17, 15) is 4.79 Å². The van der Waals surface area contributed by atoms with Crippen LogP contribution in [0.1, 0.15) is 10.5 Å². The molecule has 5 nitrogen and oxygen atoms in total. The normalized spacial score (nSPS) is 9.87. The van der Waals surface area contributed by atoms with E-state index in [1.54, 1.807) is 0 Å². The van der Waals surface area contributed by atoms with Gasteiger partial charge in [0.05, 0.1) is 19.9 Å². The maximum absolute atomic E-state index is 11.2. The number of anilines is 1. The molecule has 1 aromatic heterocycles. The number of esters is 1. The van der Waals surface area contributed by atoms with Gasteiger partial charge >= 0.3 is 5.97 Å². The van der Waals surface area contributed by atoms with Crippen LogP contribution in [0.15, 0.2) is 0 Å². The van der Waals surface area contributed by atoms with Crippen LogP contribution < -0.4 is 10.5 Å². The van der Waals surface area contributed by atoms with Crippen LogP contribution in [0, 0.1) is 0 Å². The molecule has 82 valence electrons. The van der Waals surface area contributed by atoms with Gasteiger partial charge in [-0.3, -0.25) is 0 Å². The highest BCUT2D eigenvalue weighted by molar-refractivity contribution is 6.38. The lowest BCUT2D eigenvalue weighted by atomic mass is 10.3. The van der Waals surface area contributed by atoms with Crippen molar-refractivity contribution in [3.8, 4) is 5.75 Å². The van der Waals surface area contributed by atoms with Crippen molar-refractivity contribution < 1.29 is 14.3 Å². The monoisotopic (exact) mass is 250 g/mol. The van der Waals surface area contributed by atoms with E-state index in [2.05, 4.69) is 9.72 Å². The molecule has 0 aliphatic heterocycles. The van der Waals surface area contributed by atoms with Crippen LogP contribution in [0.3, 0.4) is 0 Å². The second kappa shape index (κ2) is 4.55. The molecule has 1 aromatic rings. The predicted molar refractivity (Wildman–Crippen MR) is 56.6 cm³/mol. The maximum Gasteiger partial charge on any atom is 0.358 e. The topological polar surface area (TPSA) is 74.4 Å².